The van der Waals surface area contributed by atoms with Crippen molar-refractivity contribution in [2.45, 2.75) is 6.04 Å². The number of morpholine rings is 1. The standard InChI is InChI=1S/C12H18N4O/c13-10-8-16(9-10)12-3-1-2-11(14-12)15-4-6-17-7-5-15/h1-3,10H,4-9,13H2. The monoisotopic (exact) mass is 234 g/mol. The first-order chi connectivity index (χ1) is 8.33. The fraction of sp³-hybridized carbons (Fsp3) is 0.583. The minimum Gasteiger partial charge on any atom is -0.378 e. The highest BCUT2D eigenvalue weighted by Gasteiger charge is 2.24. The maximum Gasteiger partial charge on any atom is 0.131 e. The maximum absolute atomic E-state index is 5.79. The largest absolute Gasteiger partial charge is 0.378 e. The Hall–Kier alpha value is -1.33. The lowest BCUT2D eigenvalue weighted by molar-refractivity contribution is 0.122. The molecule has 0 saturated carbocycles. The molecule has 2 fully saturated rings. The molecule has 0 unspecified atom stereocenters. The molecule has 0 bridgehead atoms. The number of hydrogen-bond donors (Lipinski definition) is 1. The first kappa shape index (κ1) is 10.8. The molecule has 2 aliphatic rings. The van der Waals surface area contributed by atoms with Crippen LogP contribution in [-0.2, 0) is 4.74 Å². The lowest BCUT2D eigenvalue weighted by atomic mass is 10.1. The molecule has 3 heterocycles. The summed E-state index contributed by atoms with van der Waals surface area (Å²) >= 11 is 0. The second kappa shape index (κ2) is 4.50. The average molecular weight is 234 g/mol. The summed E-state index contributed by atoms with van der Waals surface area (Å²) in [6.45, 7) is 5.27. The Morgan fingerprint density at radius 1 is 1.12 bits per heavy atom. The molecule has 2 saturated heterocycles. The van der Waals surface area contributed by atoms with Crippen LogP contribution in [0.4, 0.5) is 11.6 Å². The summed E-state index contributed by atoms with van der Waals surface area (Å²) < 4.78 is 5.35. The second-order valence-electron chi connectivity index (χ2n) is 4.62. The van der Waals surface area contributed by atoms with Gasteiger partial charge >= 0.3 is 0 Å². The molecule has 1 aromatic rings. The van der Waals surface area contributed by atoms with Gasteiger partial charge in [-0.25, -0.2) is 4.98 Å². The third-order valence-electron chi connectivity index (χ3n) is 3.29. The molecular weight excluding hydrogens is 216 g/mol. The van der Waals surface area contributed by atoms with Crippen LogP contribution in [0.15, 0.2) is 18.2 Å². The van der Waals surface area contributed by atoms with E-state index < -0.39 is 0 Å². The highest BCUT2D eigenvalue weighted by atomic mass is 16.5. The van der Waals surface area contributed by atoms with Crippen LogP contribution in [0.1, 0.15) is 0 Å². The molecule has 5 nitrogen and oxygen atoms in total. The summed E-state index contributed by atoms with van der Waals surface area (Å²) in [5, 5.41) is 0. The number of pyridine rings is 1. The van der Waals surface area contributed by atoms with E-state index in [0.717, 1.165) is 51.0 Å². The van der Waals surface area contributed by atoms with Gasteiger partial charge in [-0.05, 0) is 12.1 Å². The van der Waals surface area contributed by atoms with Gasteiger partial charge in [0.1, 0.15) is 11.6 Å². The Morgan fingerprint density at radius 3 is 2.41 bits per heavy atom. The molecule has 2 aliphatic heterocycles. The molecule has 5 heteroatoms. The van der Waals surface area contributed by atoms with Crippen molar-refractivity contribution in [1.82, 2.24) is 4.98 Å². The van der Waals surface area contributed by atoms with E-state index in [9.17, 15) is 0 Å². The summed E-state index contributed by atoms with van der Waals surface area (Å²) in [6.07, 6.45) is 0. The summed E-state index contributed by atoms with van der Waals surface area (Å²) in [6, 6.07) is 6.49. The zero-order valence-electron chi connectivity index (χ0n) is 9.88. The highest BCUT2D eigenvalue weighted by Crippen LogP contribution is 2.21. The number of nitrogens with zero attached hydrogens (tertiary/aromatic N) is 3. The Kier molecular flexibility index (Phi) is 2.86. The Morgan fingerprint density at radius 2 is 1.76 bits per heavy atom. The predicted octanol–water partition coefficient (Wildman–Crippen LogP) is 0.0655. The van der Waals surface area contributed by atoms with Gasteiger partial charge in [-0.2, -0.15) is 0 Å². The molecule has 92 valence electrons. The highest BCUT2D eigenvalue weighted by molar-refractivity contribution is 5.50. The quantitative estimate of drug-likeness (QED) is 0.784. The Balaban J connectivity index is 1.74. The van der Waals surface area contributed by atoms with Gasteiger partial charge in [0, 0.05) is 32.2 Å². The van der Waals surface area contributed by atoms with Crippen LogP contribution in [0.3, 0.4) is 0 Å². The van der Waals surface area contributed by atoms with Crippen molar-refractivity contribution in [2.75, 3.05) is 49.2 Å². The number of rotatable bonds is 2. The minimum atomic E-state index is 0.309. The first-order valence-corrected chi connectivity index (χ1v) is 6.13. The van der Waals surface area contributed by atoms with E-state index in [1.54, 1.807) is 0 Å². The molecule has 0 amide bonds. The zero-order chi connectivity index (χ0) is 11.7. The molecule has 0 aromatic carbocycles. The van der Waals surface area contributed by atoms with E-state index in [0.29, 0.717) is 6.04 Å². The maximum atomic E-state index is 5.79. The van der Waals surface area contributed by atoms with Crippen molar-refractivity contribution in [3.8, 4) is 0 Å². The van der Waals surface area contributed by atoms with E-state index in [1.165, 1.54) is 0 Å². The number of aromatic nitrogens is 1. The van der Waals surface area contributed by atoms with Crippen LogP contribution in [0.25, 0.3) is 0 Å². The lowest BCUT2D eigenvalue weighted by Crippen LogP contribution is -2.56. The van der Waals surface area contributed by atoms with Crippen molar-refractivity contribution in [3.05, 3.63) is 18.2 Å². The van der Waals surface area contributed by atoms with Crippen LogP contribution in [0.2, 0.25) is 0 Å². The van der Waals surface area contributed by atoms with Crippen LogP contribution in [-0.4, -0.2) is 50.4 Å². The van der Waals surface area contributed by atoms with Crippen molar-refractivity contribution in [3.63, 3.8) is 0 Å². The van der Waals surface area contributed by atoms with E-state index in [1.807, 2.05) is 0 Å². The van der Waals surface area contributed by atoms with Gasteiger partial charge in [0.05, 0.1) is 13.2 Å². The fourth-order valence-corrected chi connectivity index (χ4v) is 2.26. The number of hydrogen-bond acceptors (Lipinski definition) is 5. The topological polar surface area (TPSA) is 54.6 Å². The van der Waals surface area contributed by atoms with Gasteiger partial charge < -0.3 is 20.3 Å². The van der Waals surface area contributed by atoms with Crippen molar-refractivity contribution < 1.29 is 4.74 Å². The van der Waals surface area contributed by atoms with Gasteiger partial charge in [-0.1, -0.05) is 6.07 Å². The van der Waals surface area contributed by atoms with Crippen molar-refractivity contribution >= 4 is 11.6 Å². The van der Waals surface area contributed by atoms with Gasteiger partial charge in [-0.3, -0.25) is 0 Å². The van der Waals surface area contributed by atoms with Crippen LogP contribution < -0.4 is 15.5 Å². The molecular formula is C12H18N4O. The minimum absolute atomic E-state index is 0.309. The lowest BCUT2D eigenvalue weighted by Gasteiger charge is -2.38. The van der Waals surface area contributed by atoms with Gasteiger partial charge in [-0.15, -0.1) is 0 Å². The van der Waals surface area contributed by atoms with E-state index >= 15 is 0 Å². The Labute approximate surface area is 101 Å². The fourth-order valence-electron chi connectivity index (χ4n) is 2.26. The second-order valence-corrected chi connectivity index (χ2v) is 4.62. The third-order valence-corrected chi connectivity index (χ3v) is 3.29. The summed E-state index contributed by atoms with van der Waals surface area (Å²) in [4.78, 5) is 9.18. The smallest absolute Gasteiger partial charge is 0.131 e. The third kappa shape index (κ3) is 2.21. The number of nitrogens with two attached hydrogens (primary N) is 1. The normalized spacial score (nSPS) is 21.5. The molecule has 0 radical (unpaired) electrons. The van der Waals surface area contributed by atoms with E-state index in [-0.39, 0.29) is 0 Å². The van der Waals surface area contributed by atoms with Crippen LogP contribution in [0, 0.1) is 0 Å². The summed E-state index contributed by atoms with van der Waals surface area (Å²) in [5.74, 6) is 2.09. The average Bonchev–Trinajstić information content (AvgIpc) is 2.36. The zero-order valence-corrected chi connectivity index (χ0v) is 9.88. The van der Waals surface area contributed by atoms with Crippen LogP contribution in [0.5, 0.6) is 0 Å². The summed E-state index contributed by atoms with van der Waals surface area (Å²) in [5.41, 5.74) is 5.79. The van der Waals surface area contributed by atoms with Gasteiger partial charge in [0.15, 0.2) is 0 Å². The summed E-state index contributed by atoms with van der Waals surface area (Å²) in [7, 11) is 0. The van der Waals surface area contributed by atoms with Crippen molar-refractivity contribution in [1.29, 1.82) is 0 Å². The first-order valence-electron chi connectivity index (χ1n) is 6.13. The molecule has 3 rings (SSSR count). The van der Waals surface area contributed by atoms with Crippen molar-refractivity contribution in [2.24, 2.45) is 5.73 Å². The molecule has 2 N–H and O–H groups in total. The molecule has 0 atom stereocenters. The molecule has 0 aliphatic carbocycles. The predicted molar refractivity (Wildman–Crippen MR) is 67.5 cm³/mol. The number of anilines is 2. The van der Waals surface area contributed by atoms with E-state index in [2.05, 4.69) is 28.0 Å². The SMILES string of the molecule is NC1CN(c2cccc(N3CCOCC3)n2)C1. The molecule has 0 spiro atoms. The Bertz CT molecular complexity index is 386. The number of ether oxygens (including phenoxy) is 1. The van der Waals surface area contributed by atoms with Gasteiger partial charge in [0.25, 0.3) is 0 Å². The van der Waals surface area contributed by atoms with Gasteiger partial charge in [0.2, 0.25) is 0 Å². The van der Waals surface area contributed by atoms with Crippen LogP contribution >= 0.6 is 0 Å². The molecule has 17 heavy (non-hydrogen) atoms. The van der Waals surface area contributed by atoms with E-state index in [4.69, 9.17) is 15.5 Å². The molecule has 1 aromatic heterocycles.